The maximum atomic E-state index is 5.80. The van der Waals surface area contributed by atoms with Gasteiger partial charge < -0.3 is 4.74 Å². The van der Waals surface area contributed by atoms with Crippen molar-refractivity contribution < 1.29 is 4.74 Å². The standard InChI is InChI=1S/C17H21BrO/c1-10-6-14-9-13(4-5-16(14)19-10)17(18)15-8-11-2-3-12(15)7-11/h4-5,9-12,15,17H,2-3,6-8H2,1H3. The lowest BCUT2D eigenvalue weighted by Crippen LogP contribution is -2.15. The molecule has 2 aliphatic carbocycles. The number of hydrogen-bond acceptors (Lipinski definition) is 1. The molecule has 0 aromatic heterocycles. The van der Waals surface area contributed by atoms with E-state index in [9.17, 15) is 0 Å². The van der Waals surface area contributed by atoms with E-state index < -0.39 is 0 Å². The van der Waals surface area contributed by atoms with E-state index in [4.69, 9.17) is 4.74 Å². The van der Waals surface area contributed by atoms with Gasteiger partial charge in [-0.2, -0.15) is 0 Å². The van der Waals surface area contributed by atoms with Crippen LogP contribution in [0.2, 0.25) is 0 Å². The highest BCUT2D eigenvalue weighted by Gasteiger charge is 2.42. The molecular formula is C17H21BrO. The maximum Gasteiger partial charge on any atom is 0.123 e. The monoisotopic (exact) mass is 320 g/mol. The fourth-order valence-electron chi connectivity index (χ4n) is 4.51. The van der Waals surface area contributed by atoms with Gasteiger partial charge >= 0.3 is 0 Å². The van der Waals surface area contributed by atoms with Crippen LogP contribution < -0.4 is 4.74 Å². The predicted octanol–water partition coefficient (Wildman–Crippen LogP) is 4.88. The van der Waals surface area contributed by atoms with Gasteiger partial charge in [0.25, 0.3) is 0 Å². The molecule has 2 saturated carbocycles. The largest absolute Gasteiger partial charge is 0.490 e. The Kier molecular flexibility index (Phi) is 2.91. The van der Waals surface area contributed by atoms with E-state index >= 15 is 0 Å². The Morgan fingerprint density at radius 3 is 2.89 bits per heavy atom. The van der Waals surface area contributed by atoms with Crippen molar-refractivity contribution in [1.29, 1.82) is 0 Å². The molecule has 1 aromatic rings. The molecule has 0 radical (unpaired) electrons. The van der Waals surface area contributed by atoms with Gasteiger partial charge in [-0.15, -0.1) is 0 Å². The first-order valence-electron chi connectivity index (χ1n) is 7.64. The Morgan fingerprint density at radius 2 is 2.16 bits per heavy atom. The molecule has 2 bridgehead atoms. The summed E-state index contributed by atoms with van der Waals surface area (Å²) in [4.78, 5) is 0.545. The SMILES string of the molecule is CC1Cc2cc(C(Br)C3CC4CCC3C4)ccc2O1. The fourth-order valence-corrected chi connectivity index (χ4v) is 5.45. The molecule has 1 aromatic carbocycles. The summed E-state index contributed by atoms with van der Waals surface area (Å²) in [7, 11) is 0. The molecule has 19 heavy (non-hydrogen) atoms. The summed E-state index contributed by atoms with van der Waals surface area (Å²) in [5.41, 5.74) is 2.87. The summed E-state index contributed by atoms with van der Waals surface area (Å²) in [5.74, 6) is 3.95. The summed E-state index contributed by atoms with van der Waals surface area (Å²) in [5, 5.41) is 0. The lowest BCUT2D eigenvalue weighted by atomic mass is 9.84. The number of fused-ring (bicyclic) bond motifs is 3. The first kappa shape index (κ1) is 12.3. The molecule has 5 atom stereocenters. The van der Waals surface area contributed by atoms with Crippen LogP contribution in [0, 0.1) is 17.8 Å². The molecule has 2 fully saturated rings. The van der Waals surface area contributed by atoms with Crippen LogP contribution in [0.5, 0.6) is 5.75 Å². The summed E-state index contributed by atoms with van der Waals surface area (Å²) < 4.78 is 5.80. The van der Waals surface area contributed by atoms with Crippen molar-refractivity contribution in [3.05, 3.63) is 29.3 Å². The number of rotatable bonds is 2. The van der Waals surface area contributed by atoms with Crippen molar-refractivity contribution in [2.45, 2.75) is 50.0 Å². The van der Waals surface area contributed by atoms with Gasteiger partial charge in [0.15, 0.2) is 0 Å². The Hall–Kier alpha value is -0.500. The van der Waals surface area contributed by atoms with E-state index in [2.05, 4.69) is 41.1 Å². The summed E-state index contributed by atoms with van der Waals surface area (Å²) in [6, 6.07) is 6.82. The van der Waals surface area contributed by atoms with Crippen molar-refractivity contribution in [1.82, 2.24) is 0 Å². The number of alkyl halides is 1. The van der Waals surface area contributed by atoms with Crippen LogP contribution in [0.4, 0.5) is 0 Å². The highest BCUT2D eigenvalue weighted by Crippen LogP contribution is 2.55. The summed E-state index contributed by atoms with van der Waals surface area (Å²) in [6.45, 7) is 2.15. The zero-order valence-corrected chi connectivity index (χ0v) is 13.0. The molecule has 3 aliphatic rings. The third-order valence-electron chi connectivity index (χ3n) is 5.41. The van der Waals surface area contributed by atoms with Crippen LogP contribution in [-0.4, -0.2) is 6.10 Å². The van der Waals surface area contributed by atoms with Crippen molar-refractivity contribution in [2.24, 2.45) is 17.8 Å². The highest BCUT2D eigenvalue weighted by atomic mass is 79.9. The second-order valence-corrected chi connectivity index (χ2v) is 7.73. The molecule has 0 spiro atoms. The van der Waals surface area contributed by atoms with Crippen LogP contribution in [0.25, 0.3) is 0 Å². The molecule has 0 amide bonds. The fraction of sp³-hybridized carbons (Fsp3) is 0.647. The first-order chi connectivity index (χ1) is 9.20. The van der Waals surface area contributed by atoms with Gasteiger partial charge in [0.1, 0.15) is 11.9 Å². The van der Waals surface area contributed by atoms with Crippen LogP contribution in [0.15, 0.2) is 18.2 Å². The smallest absolute Gasteiger partial charge is 0.123 e. The van der Waals surface area contributed by atoms with Gasteiger partial charge in [0, 0.05) is 11.2 Å². The average molecular weight is 321 g/mol. The number of hydrogen-bond donors (Lipinski definition) is 0. The number of halogens is 1. The van der Waals surface area contributed by atoms with Crippen LogP contribution in [0.1, 0.15) is 48.6 Å². The van der Waals surface area contributed by atoms with Gasteiger partial charge in [-0.05, 0) is 61.1 Å². The van der Waals surface area contributed by atoms with Gasteiger partial charge in [0.2, 0.25) is 0 Å². The average Bonchev–Trinajstić information content (AvgIpc) is 3.09. The maximum absolute atomic E-state index is 5.80. The molecule has 2 heteroatoms. The zero-order chi connectivity index (χ0) is 13.0. The number of benzene rings is 1. The molecule has 102 valence electrons. The second-order valence-electron chi connectivity index (χ2n) is 6.74. The Labute approximate surface area is 123 Å². The minimum Gasteiger partial charge on any atom is -0.490 e. The van der Waals surface area contributed by atoms with Gasteiger partial charge in [-0.25, -0.2) is 0 Å². The van der Waals surface area contributed by atoms with E-state index in [-0.39, 0.29) is 0 Å². The second kappa shape index (κ2) is 4.51. The van der Waals surface area contributed by atoms with Crippen LogP contribution in [-0.2, 0) is 6.42 Å². The lowest BCUT2D eigenvalue weighted by molar-refractivity contribution is 0.254. The van der Waals surface area contributed by atoms with E-state index in [1.165, 1.54) is 36.8 Å². The van der Waals surface area contributed by atoms with Gasteiger partial charge in [-0.1, -0.05) is 34.5 Å². The van der Waals surface area contributed by atoms with Gasteiger partial charge in [0.05, 0.1) is 0 Å². The molecule has 0 N–H and O–H groups in total. The Morgan fingerprint density at radius 1 is 1.26 bits per heavy atom. The third kappa shape index (κ3) is 2.03. The van der Waals surface area contributed by atoms with E-state index in [1.807, 2.05) is 0 Å². The molecule has 1 aliphatic heterocycles. The summed E-state index contributed by atoms with van der Waals surface area (Å²) >= 11 is 4.00. The molecule has 5 unspecified atom stereocenters. The topological polar surface area (TPSA) is 9.23 Å². The molecule has 0 saturated heterocycles. The van der Waals surface area contributed by atoms with Crippen molar-refractivity contribution in [2.75, 3.05) is 0 Å². The minimum absolute atomic E-state index is 0.349. The lowest BCUT2D eigenvalue weighted by Gasteiger charge is -2.27. The molecular weight excluding hydrogens is 300 g/mol. The minimum atomic E-state index is 0.349. The van der Waals surface area contributed by atoms with E-state index in [0.717, 1.165) is 29.9 Å². The normalized spacial score (nSPS) is 37.2. The quantitative estimate of drug-likeness (QED) is 0.705. The predicted molar refractivity (Wildman–Crippen MR) is 80.8 cm³/mol. The van der Waals surface area contributed by atoms with E-state index in [0.29, 0.717) is 10.9 Å². The van der Waals surface area contributed by atoms with Crippen LogP contribution >= 0.6 is 15.9 Å². The number of ether oxygens (including phenoxy) is 1. The Bertz CT molecular complexity index is 498. The van der Waals surface area contributed by atoms with Crippen molar-refractivity contribution in [3.8, 4) is 5.75 Å². The summed E-state index contributed by atoms with van der Waals surface area (Å²) in [6.07, 6.45) is 7.28. The zero-order valence-electron chi connectivity index (χ0n) is 11.4. The highest BCUT2D eigenvalue weighted by molar-refractivity contribution is 9.09. The van der Waals surface area contributed by atoms with Gasteiger partial charge in [-0.3, -0.25) is 0 Å². The Balaban J connectivity index is 1.58. The first-order valence-corrected chi connectivity index (χ1v) is 8.56. The molecule has 4 rings (SSSR count). The van der Waals surface area contributed by atoms with Crippen molar-refractivity contribution >= 4 is 15.9 Å². The third-order valence-corrected chi connectivity index (χ3v) is 6.61. The molecule has 1 nitrogen and oxygen atoms in total. The van der Waals surface area contributed by atoms with Crippen LogP contribution in [0.3, 0.4) is 0 Å². The van der Waals surface area contributed by atoms with Crippen molar-refractivity contribution in [3.63, 3.8) is 0 Å². The van der Waals surface area contributed by atoms with E-state index in [1.54, 1.807) is 0 Å². The molecule has 1 heterocycles.